The molecule has 2 heteroatoms. The molecule has 0 saturated carbocycles. The molecule has 1 rings (SSSR count). The summed E-state index contributed by atoms with van der Waals surface area (Å²) >= 11 is 0. The van der Waals surface area contributed by atoms with Crippen molar-refractivity contribution in [2.45, 2.75) is 50.7 Å². The van der Waals surface area contributed by atoms with Gasteiger partial charge in [-0.1, -0.05) is 0 Å². The molecule has 1 N–H and O–H groups in total. The van der Waals surface area contributed by atoms with Crippen molar-refractivity contribution in [1.82, 2.24) is 5.32 Å². The average Bonchev–Trinajstić information content (AvgIpc) is 2.20. The van der Waals surface area contributed by atoms with Gasteiger partial charge in [-0.2, -0.15) is 0 Å². The normalized spacial score (nSPS) is 29.5. The Balaban J connectivity index is 2.52. The van der Waals surface area contributed by atoms with E-state index in [2.05, 4.69) is 18.2 Å². The molecule has 1 saturated heterocycles. The van der Waals surface area contributed by atoms with Gasteiger partial charge in [0.25, 0.3) is 0 Å². The molecule has 0 aromatic heterocycles. The van der Waals surface area contributed by atoms with Crippen molar-refractivity contribution in [3.63, 3.8) is 0 Å². The first-order valence-electron chi connectivity index (χ1n) is 5.47. The minimum absolute atomic E-state index is 0.0101. The highest BCUT2D eigenvalue weighted by molar-refractivity contribution is 4.94. The molecule has 2 unspecified atom stereocenters. The van der Waals surface area contributed by atoms with Crippen molar-refractivity contribution in [3.8, 4) is 12.3 Å². The van der Waals surface area contributed by atoms with Gasteiger partial charge in [-0.05, 0) is 39.7 Å². The Hall–Kier alpha value is -0.520. The third-order valence-corrected chi connectivity index (χ3v) is 3.16. The van der Waals surface area contributed by atoms with E-state index < -0.39 is 0 Å². The minimum Gasteiger partial charge on any atom is -0.374 e. The number of nitrogens with one attached hydrogen (secondary N) is 1. The van der Waals surface area contributed by atoms with E-state index in [1.807, 2.05) is 7.05 Å². The van der Waals surface area contributed by atoms with Gasteiger partial charge in [0.15, 0.2) is 0 Å². The molecule has 14 heavy (non-hydrogen) atoms. The van der Waals surface area contributed by atoms with Gasteiger partial charge >= 0.3 is 0 Å². The monoisotopic (exact) mass is 195 g/mol. The molecule has 1 aliphatic rings. The second kappa shape index (κ2) is 5.38. The first-order chi connectivity index (χ1) is 6.73. The molecule has 80 valence electrons. The smallest absolute Gasteiger partial charge is 0.0807 e. The van der Waals surface area contributed by atoms with Crippen LogP contribution in [0.15, 0.2) is 0 Å². The summed E-state index contributed by atoms with van der Waals surface area (Å²) < 4.78 is 5.88. The lowest BCUT2D eigenvalue weighted by atomic mass is 9.86. The van der Waals surface area contributed by atoms with Crippen LogP contribution in [0.1, 0.15) is 39.0 Å². The quantitative estimate of drug-likeness (QED) is 0.692. The third-order valence-electron chi connectivity index (χ3n) is 3.16. The van der Waals surface area contributed by atoms with E-state index in [1.54, 1.807) is 0 Å². The molecule has 1 heterocycles. The zero-order valence-electron chi connectivity index (χ0n) is 9.31. The number of likely N-dealkylation sites (N-methyl/N-ethyl adjacent to an activating group) is 1. The van der Waals surface area contributed by atoms with Gasteiger partial charge < -0.3 is 10.1 Å². The summed E-state index contributed by atoms with van der Waals surface area (Å²) in [5, 5.41) is 3.33. The van der Waals surface area contributed by atoms with Crippen molar-refractivity contribution in [2.24, 2.45) is 0 Å². The first-order valence-corrected chi connectivity index (χ1v) is 5.47. The topological polar surface area (TPSA) is 21.3 Å². The van der Waals surface area contributed by atoms with Crippen LogP contribution in [-0.4, -0.2) is 25.3 Å². The van der Waals surface area contributed by atoms with E-state index in [-0.39, 0.29) is 5.60 Å². The van der Waals surface area contributed by atoms with Crippen LogP contribution >= 0.6 is 0 Å². The molecular weight excluding hydrogens is 174 g/mol. The second-order valence-electron chi connectivity index (χ2n) is 4.20. The molecule has 0 aliphatic carbocycles. The van der Waals surface area contributed by atoms with Crippen LogP contribution in [-0.2, 0) is 4.74 Å². The Kier molecular flexibility index (Phi) is 4.44. The summed E-state index contributed by atoms with van der Waals surface area (Å²) in [7, 11) is 1.99. The van der Waals surface area contributed by atoms with Crippen molar-refractivity contribution >= 4 is 0 Å². The first kappa shape index (κ1) is 11.6. The van der Waals surface area contributed by atoms with Crippen LogP contribution in [0.5, 0.6) is 0 Å². The van der Waals surface area contributed by atoms with Crippen molar-refractivity contribution in [1.29, 1.82) is 0 Å². The van der Waals surface area contributed by atoms with E-state index in [4.69, 9.17) is 11.2 Å². The van der Waals surface area contributed by atoms with Crippen LogP contribution in [0, 0.1) is 12.3 Å². The van der Waals surface area contributed by atoms with Gasteiger partial charge in [-0.15, -0.1) is 12.3 Å². The Bertz CT molecular complexity index is 201. The molecule has 0 aromatic rings. The van der Waals surface area contributed by atoms with E-state index in [1.165, 1.54) is 12.8 Å². The molecule has 0 spiro atoms. The summed E-state index contributed by atoms with van der Waals surface area (Å²) in [5.41, 5.74) is -0.0101. The van der Waals surface area contributed by atoms with Crippen LogP contribution < -0.4 is 5.32 Å². The van der Waals surface area contributed by atoms with E-state index in [0.717, 1.165) is 25.9 Å². The number of terminal acetylenes is 1. The highest BCUT2D eigenvalue weighted by Crippen LogP contribution is 2.29. The molecule has 2 atom stereocenters. The Labute approximate surface area is 87.4 Å². The standard InChI is InChI=1S/C12H21NO/c1-4-5-8-11(13-3)12(2)9-6-7-10-14-12/h1,11,13H,5-10H2,2-3H3. The molecule has 0 amide bonds. The summed E-state index contributed by atoms with van der Waals surface area (Å²) in [6.45, 7) is 3.09. The zero-order chi connectivity index (χ0) is 10.4. The lowest BCUT2D eigenvalue weighted by Crippen LogP contribution is -2.51. The SMILES string of the molecule is C#CCCC(NC)C1(C)CCCCO1. The van der Waals surface area contributed by atoms with Gasteiger partial charge in [-0.3, -0.25) is 0 Å². The maximum absolute atomic E-state index is 5.88. The lowest BCUT2D eigenvalue weighted by molar-refractivity contribution is -0.0884. The lowest BCUT2D eigenvalue weighted by Gasteiger charge is -2.40. The molecule has 1 aliphatic heterocycles. The number of hydrogen-bond acceptors (Lipinski definition) is 2. The Morgan fingerprint density at radius 2 is 2.36 bits per heavy atom. The maximum Gasteiger partial charge on any atom is 0.0807 e. The van der Waals surface area contributed by atoms with E-state index in [9.17, 15) is 0 Å². The molecule has 0 aromatic carbocycles. The van der Waals surface area contributed by atoms with E-state index >= 15 is 0 Å². The molecule has 0 radical (unpaired) electrons. The van der Waals surface area contributed by atoms with Crippen LogP contribution in [0.2, 0.25) is 0 Å². The van der Waals surface area contributed by atoms with Gasteiger partial charge in [0.2, 0.25) is 0 Å². The minimum atomic E-state index is -0.0101. The van der Waals surface area contributed by atoms with Crippen molar-refractivity contribution in [3.05, 3.63) is 0 Å². The fourth-order valence-electron chi connectivity index (χ4n) is 2.21. The summed E-state index contributed by atoms with van der Waals surface area (Å²) in [6, 6.07) is 0.388. The van der Waals surface area contributed by atoms with Crippen LogP contribution in [0.25, 0.3) is 0 Å². The Morgan fingerprint density at radius 3 is 2.86 bits per heavy atom. The second-order valence-corrected chi connectivity index (χ2v) is 4.20. The van der Waals surface area contributed by atoms with Gasteiger partial charge in [0.05, 0.1) is 5.60 Å². The molecule has 2 nitrogen and oxygen atoms in total. The van der Waals surface area contributed by atoms with Crippen LogP contribution in [0.4, 0.5) is 0 Å². The average molecular weight is 195 g/mol. The summed E-state index contributed by atoms with van der Waals surface area (Å²) in [4.78, 5) is 0. The maximum atomic E-state index is 5.88. The van der Waals surface area contributed by atoms with Crippen molar-refractivity contribution in [2.75, 3.05) is 13.7 Å². The predicted octanol–water partition coefficient (Wildman–Crippen LogP) is 1.95. The molecule has 1 fully saturated rings. The zero-order valence-corrected chi connectivity index (χ0v) is 9.31. The fourth-order valence-corrected chi connectivity index (χ4v) is 2.21. The number of rotatable bonds is 4. The van der Waals surface area contributed by atoms with Gasteiger partial charge in [0.1, 0.15) is 0 Å². The molecular formula is C12H21NO. The summed E-state index contributed by atoms with van der Waals surface area (Å²) in [6.07, 6.45) is 10.7. The van der Waals surface area contributed by atoms with Gasteiger partial charge in [-0.25, -0.2) is 0 Å². The predicted molar refractivity (Wildman–Crippen MR) is 59.1 cm³/mol. The highest BCUT2D eigenvalue weighted by Gasteiger charge is 2.35. The number of hydrogen-bond donors (Lipinski definition) is 1. The van der Waals surface area contributed by atoms with Crippen LogP contribution in [0.3, 0.4) is 0 Å². The largest absolute Gasteiger partial charge is 0.374 e. The van der Waals surface area contributed by atoms with Crippen molar-refractivity contribution < 1.29 is 4.74 Å². The highest BCUT2D eigenvalue weighted by atomic mass is 16.5. The summed E-state index contributed by atoms with van der Waals surface area (Å²) in [5.74, 6) is 2.69. The fraction of sp³-hybridized carbons (Fsp3) is 0.833. The molecule has 0 bridgehead atoms. The van der Waals surface area contributed by atoms with Gasteiger partial charge in [0, 0.05) is 19.1 Å². The third kappa shape index (κ3) is 2.73. The Morgan fingerprint density at radius 1 is 1.57 bits per heavy atom. The number of ether oxygens (including phenoxy) is 1. The van der Waals surface area contributed by atoms with E-state index in [0.29, 0.717) is 6.04 Å².